The van der Waals surface area contributed by atoms with Crippen molar-refractivity contribution in [2.24, 2.45) is 4.99 Å². The van der Waals surface area contributed by atoms with Crippen molar-refractivity contribution >= 4 is 34.8 Å². The number of hydrogen-bond donors (Lipinski definition) is 0. The second-order valence-corrected chi connectivity index (χ2v) is 5.48. The fourth-order valence-corrected chi connectivity index (χ4v) is 2.49. The molecule has 0 amide bonds. The monoisotopic (exact) mass is 370 g/mol. The Labute approximate surface area is 152 Å². The van der Waals surface area contributed by atoms with Gasteiger partial charge in [-0.05, 0) is 43.1 Å². The normalized spacial score (nSPS) is 11.8. The molecule has 3 aromatic rings. The summed E-state index contributed by atoms with van der Waals surface area (Å²) in [4.78, 5) is 20.4. The summed E-state index contributed by atoms with van der Waals surface area (Å²) in [6.07, 6.45) is 1.37. The van der Waals surface area contributed by atoms with Crippen LogP contribution in [0.25, 0.3) is 16.5 Å². The number of hydrogen-bond acceptors (Lipinski definition) is 5. The molecule has 0 aliphatic rings. The van der Waals surface area contributed by atoms with Crippen molar-refractivity contribution in [2.75, 3.05) is 0 Å². The number of aliphatic imine (C=N–C) groups is 1. The van der Waals surface area contributed by atoms with E-state index in [2.05, 4.69) is 23.3 Å². The van der Waals surface area contributed by atoms with Gasteiger partial charge in [0.1, 0.15) is 17.0 Å². The second kappa shape index (κ2) is 7.33. The van der Waals surface area contributed by atoms with Crippen LogP contribution in [-0.4, -0.2) is 11.7 Å². The zero-order valence-corrected chi connectivity index (χ0v) is 14.2. The average Bonchev–Trinajstić information content (AvgIpc) is 2.63. The lowest BCUT2D eigenvalue weighted by Gasteiger charge is -2.09. The molecule has 0 saturated heterocycles. The molecule has 0 unspecified atom stereocenters. The highest BCUT2D eigenvalue weighted by atomic mass is 35.5. The number of fused-ring (bicyclic) bond motifs is 1. The fraction of sp³-hybridized carbons (Fsp3) is 0. The van der Waals surface area contributed by atoms with Gasteiger partial charge in [0.25, 0.3) is 0 Å². The van der Waals surface area contributed by atoms with Crippen LogP contribution in [0.1, 0.15) is 5.89 Å². The average molecular weight is 371 g/mol. The molecule has 7 heteroatoms. The molecule has 0 saturated carbocycles. The van der Waals surface area contributed by atoms with E-state index in [4.69, 9.17) is 20.8 Å². The Bertz CT molecular complexity index is 1090. The fourth-order valence-electron chi connectivity index (χ4n) is 2.25. The Morgan fingerprint density at radius 2 is 2.00 bits per heavy atom. The van der Waals surface area contributed by atoms with Gasteiger partial charge in [0, 0.05) is 0 Å². The lowest BCUT2D eigenvalue weighted by Crippen LogP contribution is -2.07. The van der Waals surface area contributed by atoms with E-state index in [1.165, 1.54) is 30.3 Å². The van der Waals surface area contributed by atoms with Gasteiger partial charge in [-0.1, -0.05) is 30.3 Å². The molecule has 0 spiro atoms. The first-order valence-corrected chi connectivity index (χ1v) is 7.78. The van der Waals surface area contributed by atoms with E-state index in [-0.39, 0.29) is 27.8 Å². The summed E-state index contributed by atoms with van der Waals surface area (Å²) in [5, 5.41) is 0.415. The van der Waals surface area contributed by atoms with Crippen molar-refractivity contribution in [2.45, 2.75) is 0 Å². The topological polar surface area (TPSA) is 64.7 Å². The van der Waals surface area contributed by atoms with Crippen LogP contribution in [0.3, 0.4) is 0 Å². The van der Waals surface area contributed by atoms with Crippen LogP contribution >= 0.6 is 11.6 Å². The minimum absolute atomic E-state index is 0.00337. The van der Waals surface area contributed by atoms with Crippen molar-refractivity contribution < 1.29 is 13.5 Å². The van der Waals surface area contributed by atoms with Crippen molar-refractivity contribution in [3.63, 3.8) is 0 Å². The molecule has 26 heavy (non-hydrogen) atoms. The Morgan fingerprint density at radius 3 is 2.65 bits per heavy atom. The molecule has 0 atom stereocenters. The van der Waals surface area contributed by atoms with Gasteiger partial charge in [-0.15, -0.1) is 0 Å². The number of allylic oxidation sites excluding steroid dienone is 2. The van der Waals surface area contributed by atoms with Crippen molar-refractivity contribution in [1.29, 1.82) is 0 Å². The first-order chi connectivity index (χ1) is 12.5. The minimum Gasteiger partial charge on any atom is -0.438 e. The molecule has 0 bridgehead atoms. The molecule has 1 heterocycles. The van der Waals surface area contributed by atoms with Crippen LogP contribution in [0, 0.1) is 5.82 Å². The highest BCUT2D eigenvalue weighted by Crippen LogP contribution is 2.25. The maximum Gasteiger partial charge on any atom is 0.348 e. The summed E-state index contributed by atoms with van der Waals surface area (Å²) in [5.74, 6) is -0.135. The molecule has 0 fully saturated rings. The Kier molecular flexibility index (Phi) is 4.95. The predicted octanol–water partition coefficient (Wildman–Crippen LogP) is 4.61. The van der Waals surface area contributed by atoms with Gasteiger partial charge in [0.05, 0.1) is 16.1 Å². The second-order valence-electron chi connectivity index (χ2n) is 5.08. The van der Waals surface area contributed by atoms with Crippen LogP contribution in [0.5, 0.6) is 5.75 Å². The van der Waals surface area contributed by atoms with Crippen molar-refractivity contribution in [3.05, 3.63) is 88.2 Å². The molecule has 3 rings (SSSR count). The largest absolute Gasteiger partial charge is 0.438 e. The maximum absolute atomic E-state index is 13.0. The Hall–Kier alpha value is -3.25. The van der Waals surface area contributed by atoms with Crippen molar-refractivity contribution in [1.82, 2.24) is 4.98 Å². The third-order valence-electron chi connectivity index (χ3n) is 3.44. The number of nitrogens with zero attached hydrogens (tertiary/aromatic N) is 2. The highest BCUT2D eigenvalue weighted by Gasteiger charge is 2.16. The van der Waals surface area contributed by atoms with Crippen LogP contribution in [0.4, 0.5) is 4.39 Å². The van der Waals surface area contributed by atoms with Crippen LogP contribution in [-0.2, 0) is 0 Å². The lowest BCUT2D eigenvalue weighted by molar-refractivity contribution is 0.418. The third-order valence-corrected chi connectivity index (χ3v) is 3.76. The number of halogens is 2. The van der Waals surface area contributed by atoms with Crippen LogP contribution < -0.4 is 10.4 Å². The molecule has 0 aliphatic carbocycles. The van der Waals surface area contributed by atoms with Gasteiger partial charge in [-0.2, -0.15) is 0 Å². The lowest BCUT2D eigenvalue weighted by atomic mass is 10.2. The Morgan fingerprint density at radius 1 is 1.27 bits per heavy atom. The smallest absolute Gasteiger partial charge is 0.348 e. The summed E-state index contributed by atoms with van der Waals surface area (Å²) in [5.41, 5.74) is -0.0864. The summed E-state index contributed by atoms with van der Waals surface area (Å²) >= 11 is 6.02. The molecule has 0 N–H and O–H groups in total. The van der Waals surface area contributed by atoms with E-state index in [0.29, 0.717) is 11.3 Å². The molecule has 0 radical (unpaired) electrons. The van der Waals surface area contributed by atoms with E-state index in [9.17, 15) is 9.18 Å². The van der Waals surface area contributed by atoms with Gasteiger partial charge in [-0.25, -0.2) is 19.2 Å². The van der Waals surface area contributed by atoms with Gasteiger partial charge < -0.3 is 9.15 Å². The summed E-state index contributed by atoms with van der Waals surface area (Å²) in [7, 11) is 0. The predicted molar refractivity (Wildman–Crippen MR) is 99.0 cm³/mol. The number of aromatic nitrogens is 1. The first kappa shape index (κ1) is 17.6. The SMILES string of the molecule is C=C/C(=C(\N=C)Oc1ccc(F)cc1)c1nc2cccc(Cl)c2c(=O)o1. The van der Waals surface area contributed by atoms with Gasteiger partial charge in [0.2, 0.25) is 11.8 Å². The Balaban J connectivity index is 2.14. The highest BCUT2D eigenvalue weighted by molar-refractivity contribution is 6.35. The summed E-state index contributed by atoms with van der Waals surface area (Å²) in [6.45, 7) is 7.12. The van der Waals surface area contributed by atoms with Crippen LogP contribution in [0.15, 0.2) is 75.2 Å². The minimum atomic E-state index is -0.653. The molecule has 5 nitrogen and oxygen atoms in total. The van der Waals surface area contributed by atoms with E-state index in [1.54, 1.807) is 18.2 Å². The molecular formula is C19H12ClFN2O3. The first-order valence-electron chi connectivity index (χ1n) is 7.40. The standard InChI is InChI=1S/C19H12ClFN2O3/c1-3-13(17(22-2)25-12-9-7-11(21)8-10-12)18-23-15-6-4-5-14(20)16(15)19(24)26-18/h3-10H,1-2H2/b17-13-. The number of benzene rings is 2. The molecule has 0 aliphatic heterocycles. The van der Waals surface area contributed by atoms with E-state index in [0.717, 1.165) is 0 Å². The van der Waals surface area contributed by atoms with Gasteiger partial charge >= 0.3 is 5.63 Å². The molecular weight excluding hydrogens is 359 g/mol. The maximum atomic E-state index is 13.0. The van der Waals surface area contributed by atoms with E-state index in [1.807, 2.05) is 0 Å². The zero-order valence-electron chi connectivity index (χ0n) is 13.4. The van der Waals surface area contributed by atoms with E-state index < -0.39 is 11.4 Å². The number of ether oxygens (including phenoxy) is 1. The third kappa shape index (κ3) is 3.41. The van der Waals surface area contributed by atoms with Crippen molar-refractivity contribution in [3.8, 4) is 5.75 Å². The van der Waals surface area contributed by atoms with Crippen LogP contribution in [0.2, 0.25) is 5.02 Å². The van der Waals surface area contributed by atoms with Gasteiger partial charge in [-0.3, -0.25) is 0 Å². The summed E-state index contributed by atoms with van der Waals surface area (Å²) in [6, 6.07) is 10.2. The van der Waals surface area contributed by atoms with E-state index >= 15 is 0 Å². The molecule has 2 aromatic carbocycles. The number of rotatable bonds is 5. The quantitative estimate of drug-likeness (QED) is 0.373. The molecule has 1 aromatic heterocycles. The zero-order chi connectivity index (χ0) is 18.7. The van der Waals surface area contributed by atoms with Gasteiger partial charge in [0.15, 0.2) is 0 Å². The molecule has 130 valence electrons. The summed E-state index contributed by atoms with van der Waals surface area (Å²) < 4.78 is 23.9.